The van der Waals surface area contributed by atoms with Gasteiger partial charge in [-0.3, -0.25) is 10.2 Å². The molecule has 0 fully saturated rings. The summed E-state index contributed by atoms with van der Waals surface area (Å²) in [6, 6.07) is 1.96. The summed E-state index contributed by atoms with van der Waals surface area (Å²) >= 11 is 1.52. The number of nitrogens with zero attached hydrogens (tertiary/aromatic N) is 4. The number of nitrogens with one attached hydrogen (secondary N) is 1. The molecule has 2 rings (SSSR count). The van der Waals surface area contributed by atoms with E-state index in [9.17, 15) is 4.79 Å². The van der Waals surface area contributed by atoms with Crippen molar-refractivity contribution in [2.45, 2.75) is 6.92 Å². The van der Waals surface area contributed by atoms with Gasteiger partial charge in [-0.05, 0) is 18.4 Å². The molecule has 0 saturated carbocycles. The highest BCUT2D eigenvalue weighted by atomic mass is 32.1. The van der Waals surface area contributed by atoms with E-state index in [1.165, 1.54) is 11.3 Å². The molecule has 0 saturated heterocycles. The summed E-state index contributed by atoms with van der Waals surface area (Å²) in [5, 5.41) is 2.88. The summed E-state index contributed by atoms with van der Waals surface area (Å²) in [4.78, 5) is 24.9. The molecule has 7 nitrogen and oxygen atoms in total. The van der Waals surface area contributed by atoms with E-state index in [4.69, 9.17) is 5.84 Å². The minimum absolute atomic E-state index is 0.0242. The summed E-state index contributed by atoms with van der Waals surface area (Å²) in [5.41, 5.74) is 2.47. The van der Waals surface area contributed by atoms with Gasteiger partial charge in [-0.15, -0.1) is 11.3 Å². The number of amides is 1. The lowest BCUT2D eigenvalue weighted by Crippen LogP contribution is -2.37. The minimum Gasteiger partial charge on any atom is -0.347 e. The van der Waals surface area contributed by atoms with Gasteiger partial charge in [-0.25, -0.2) is 10.8 Å². The molecular weight excluding hydrogens is 276 g/mol. The second-order valence-corrected chi connectivity index (χ2v) is 5.35. The molecule has 0 radical (unpaired) electrons. The summed E-state index contributed by atoms with van der Waals surface area (Å²) in [7, 11) is 3.48. The number of thiophene rings is 1. The molecular formula is C12H18N6OS. The second kappa shape index (κ2) is 6.02. The van der Waals surface area contributed by atoms with E-state index in [0.29, 0.717) is 12.5 Å². The normalized spacial score (nSPS) is 10.6. The molecule has 0 aliphatic carbocycles. The van der Waals surface area contributed by atoms with Crippen LogP contribution in [0.3, 0.4) is 0 Å². The first kappa shape index (κ1) is 14.5. The Kier molecular flexibility index (Phi) is 4.35. The number of hydrogen-bond acceptors (Lipinski definition) is 7. The Morgan fingerprint density at radius 3 is 2.80 bits per heavy atom. The van der Waals surface area contributed by atoms with E-state index >= 15 is 0 Å². The molecule has 2 aromatic rings. The van der Waals surface area contributed by atoms with Crippen molar-refractivity contribution < 1.29 is 4.79 Å². The molecule has 20 heavy (non-hydrogen) atoms. The zero-order chi connectivity index (χ0) is 14.7. The van der Waals surface area contributed by atoms with Crippen LogP contribution in [0.5, 0.6) is 0 Å². The highest BCUT2D eigenvalue weighted by Gasteiger charge is 2.17. The van der Waals surface area contributed by atoms with Crippen LogP contribution in [0.4, 0.5) is 11.8 Å². The lowest BCUT2D eigenvalue weighted by Gasteiger charge is -2.24. The third-order valence-corrected chi connectivity index (χ3v) is 3.75. The van der Waals surface area contributed by atoms with Crippen molar-refractivity contribution in [2.75, 3.05) is 37.5 Å². The van der Waals surface area contributed by atoms with Crippen molar-refractivity contribution in [3.63, 3.8) is 0 Å². The predicted octanol–water partition coefficient (Wildman–Crippen LogP) is 0.891. The minimum atomic E-state index is 0.0242. The lowest BCUT2D eigenvalue weighted by atomic mass is 10.3. The van der Waals surface area contributed by atoms with Crippen LogP contribution in [0.25, 0.3) is 10.2 Å². The molecule has 0 aromatic carbocycles. The summed E-state index contributed by atoms with van der Waals surface area (Å²) in [6.07, 6.45) is 0. The van der Waals surface area contributed by atoms with E-state index in [2.05, 4.69) is 15.4 Å². The Hall–Kier alpha value is -1.93. The number of nitrogens with two attached hydrogens (primary N) is 1. The zero-order valence-electron chi connectivity index (χ0n) is 11.8. The van der Waals surface area contributed by atoms with Crippen LogP contribution in [0.2, 0.25) is 0 Å². The molecule has 8 heteroatoms. The Labute approximate surface area is 121 Å². The quantitative estimate of drug-likeness (QED) is 0.629. The molecule has 0 aliphatic heterocycles. The summed E-state index contributed by atoms with van der Waals surface area (Å²) in [5.74, 6) is 6.51. The number of aromatic nitrogens is 2. The maximum absolute atomic E-state index is 11.9. The van der Waals surface area contributed by atoms with E-state index in [1.807, 2.05) is 23.3 Å². The monoisotopic (exact) mass is 294 g/mol. The first-order valence-electron chi connectivity index (χ1n) is 6.23. The molecule has 108 valence electrons. The second-order valence-electron chi connectivity index (χ2n) is 4.46. The van der Waals surface area contributed by atoms with Crippen LogP contribution in [0.15, 0.2) is 11.4 Å². The van der Waals surface area contributed by atoms with Crippen LogP contribution < -0.4 is 16.2 Å². The largest absolute Gasteiger partial charge is 0.347 e. The van der Waals surface area contributed by atoms with Gasteiger partial charge in [0.25, 0.3) is 0 Å². The molecule has 2 aromatic heterocycles. The van der Waals surface area contributed by atoms with Crippen molar-refractivity contribution in [3.8, 4) is 0 Å². The smallest absolute Gasteiger partial charge is 0.241 e. The topological polar surface area (TPSA) is 87.4 Å². The van der Waals surface area contributed by atoms with E-state index in [0.717, 1.165) is 16.0 Å². The van der Waals surface area contributed by atoms with Crippen LogP contribution in [-0.2, 0) is 4.79 Å². The number of fused-ring (bicyclic) bond motifs is 1. The summed E-state index contributed by atoms with van der Waals surface area (Å²) < 4.78 is 0. The van der Waals surface area contributed by atoms with Gasteiger partial charge in [0.2, 0.25) is 11.9 Å². The van der Waals surface area contributed by atoms with Crippen molar-refractivity contribution in [1.82, 2.24) is 14.9 Å². The SMILES string of the molecule is CCN(CC(=O)N(C)C)c1nc(NN)nc2sccc12. The highest BCUT2D eigenvalue weighted by molar-refractivity contribution is 7.16. The molecule has 0 aliphatic rings. The van der Waals surface area contributed by atoms with Crippen molar-refractivity contribution in [2.24, 2.45) is 5.84 Å². The molecule has 1 amide bonds. The van der Waals surface area contributed by atoms with Gasteiger partial charge in [-0.2, -0.15) is 4.98 Å². The van der Waals surface area contributed by atoms with Gasteiger partial charge in [0.05, 0.1) is 11.9 Å². The van der Waals surface area contributed by atoms with E-state index in [-0.39, 0.29) is 12.5 Å². The number of rotatable bonds is 5. The number of hydrogen-bond donors (Lipinski definition) is 2. The van der Waals surface area contributed by atoms with E-state index in [1.54, 1.807) is 19.0 Å². The maximum atomic E-state index is 11.9. The third-order valence-electron chi connectivity index (χ3n) is 2.94. The van der Waals surface area contributed by atoms with Gasteiger partial charge < -0.3 is 9.80 Å². The fraction of sp³-hybridized carbons (Fsp3) is 0.417. The van der Waals surface area contributed by atoms with Crippen LogP contribution in [0, 0.1) is 0 Å². The van der Waals surface area contributed by atoms with Crippen molar-refractivity contribution >= 4 is 39.2 Å². The van der Waals surface area contributed by atoms with Gasteiger partial charge in [0.1, 0.15) is 10.6 Å². The Morgan fingerprint density at radius 2 is 2.20 bits per heavy atom. The highest BCUT2D eigenvalue weighted by Crippen LogP contribution is 2.28. The molecule has 0 bridgehead atoms. The molecule has 0 unspecified atom stereocenters. The standard InChI is InChI=1S/C12H18N6OS/c1-4-18(7-9(19)17(2)3)10-8-5-6-20-11(8)15-12(14-10)16-13/h5-6H,4,7,13H2,1-3H3,(H,14,15,16). The van der Waals surface area contributed by atoms with Crippen LogP contribution >= 0.6 is 11.3 Å². The Bertz CT molecular complexity index is 611. The molecule has 0 atom stereocenters. The van der Waals surface area contributed by atoms with Crippen LogP contribution in [-0.4, -0.2) is 48.0 Å². The average molecular weight is 294 g/mol. The fourth-order valence-corrected chi connectivity index (χ4v) is 2.55. The van der Waals surface area contributed by atoms with Crippen molar-refractivity contribution in [3.05, 3.63) is 11.4 Å². The fourth-order valence-electron chi connectivity index (χ4n) is 1.79. The first-order valence-corrected chi connectivity index (χ1v) is 7.11. The van der Waals surface area contributed by atoms with Gasteiger partial charge in [-0.1, -0.05) is 0 Å². The predicted molar refractivity (Wildman–Crippen MR) is 81.8 cm³/mol. The molecule has 2 heterocycles. The molecule has 3 N–H and O–H groups in total. The van der Waals surface area contributed by atoms with Gasteiger partial charge >= 0.3 is 0 Å². The van der Waals surface area contributed by atoms with Crippen LogP contribution in [0.1, 0.15) is 6.92 Å². The lowest BCUT2D eigenvalue weighted by molar-refractivity contribution is -0.127. The average Bonchev–Trinajstić information content (AvgIpc) is 2.91. The van der Waals surface area contributed by atoms with E-state index < -0.39 is 0 Å². The Morgan fingerprint density at radius 1 is 1.45 bits per heavy atom. The number of hydrazine groups is 1. The number of nitrogen functional groups attached to an aromatic ring is 1. The Balaban J connectivity index is 2.42. The first-order chi connectivity index (χ1) is 9.56. The van der Waals surface area contributed by atoms with Gasteiger partial charge in [0, 0.05) is 20.6 Å². The molecule has 0 spiro atoms. The van der Waals surface area contributed by atoms with Crippen molar-refractivity contribution in [1.29, 1.82) is 0 Å². The number of anilines is 2. The zero-order valence-corrected chi connectivity index (χ0v) is 12.6. The van der Waals surface area contributed by atoms with Gasteiger partial charge in [0.15, 0.2) is 0 Å². The number of likely N-dealkylation sites (N-methyl/N-ethyl adjacent to an activating group) is 2. The maximum Gasteiger partial charge on any atom is 0.241 e. The summed E-state index contributed by atoms with van der Waals surface area (Å²) in [6.45, 7) is 2.93. The number of carbonyl (C=O) groups excluding carboxylic acids is 1. The third kappa shape index (κ3) is 2.81. The number of carbonyl (C=O) groups is 1.